The van der Waals surface area contributed by atoms with Crippen molar-refractivity contribution >= 4 is 33.3 Å². The second-order valence-electron chi connectivity index (χ2n) is 8.68. The Kier molecular flexibility index (Phi) is 7.84. The summed E-state index contributed by atoms with van der Waals surface area (Å²) in [6.07, 6.45) is 6.22. The molecule has 2 saturated heterocycles. The molecule has 0 spiro atoms. The topological polar surface area (TPSA) is 96.0 Å². The molecule has 2 aromatic carbocycles. The highest BCUT2D eigenvalue weighted by molar-refractivity contribution is 7.89. The van der Waals surface area contributed by atoms with Crippen molar-refractivity contribution in [3.8, 4) is 0 Å². The Morgan fingerprint density at radius 1 is 0.824 bits per heavy atom. The van der Waals surface area contributed by atoms with E-state index in [0.29, 0.717) is 18.8 Å². The van der Waals surface area contributed by atoms with Crippen LogP contribution >= 0.6 is 0 Å². The standard InChI is InChI=1S/C25H31N3O5S/c29-24(26-20-11-13-21(14-12-20)27-15-5-1-6-16-27)19-33-25(30)22-9-3-4-10-23(22)34(31,32)28-17-7-2-8-18-28/h3-4,9-14H,1-2,5-8,15-19H2,(H,26,29). The van der Waals surface area contributed by atoms with Crippen LogP contribution < -0.4 is 10.2 Å². The second kappa shape index (κ2) is 11.0. The van der Waals surface area contributed by atoms with Gasteiger partial charge in [0.2, 0.25) is 10.0 Å². The van der Waals surface area contributed by atoms with Crippen molar-refractivity contribution in [3.05, 3.63) is 54.1 Å². The van der Waals surface area contributed by atoms with E-state index in [2.05, 4.69) is 10.2 Å². The van der Waals surface area contributed by atoms with Crippen LogP contribution in [0.3, 0.4) is 0 Å². The molecule has 1 N–H and O–H groups in total. The molecule has 0 atom stereocenters. The van der Waals surface area contributed by atoms with Gasteiger partial charge in [0.1, 0.15) is 0 Å². The zero-order valence-corrected chi connectivity index (χ0v) is 20.1. The lowest BCUT2D eigenvalue weighted by Crippen LogP contribution is -2.36. The van der Waals surface area contributed by atoms with Crippen molar-refractivity contribution in [2.75, 3.05) is 43.0 Å². The van der Waals surface area contributed by atoms with Crippen molar-refractivity contribution in [3.63, 3.8) is 0 Å². The van der Waals surface area contributed by atoms with E-state index in [4.69, 9.17) is 4.74 Å². The zero-order valence-electron chi connectivity index (χ0n) is 19.2. The van der Waals surface area contributed by atoms with E-state index in [0.717, 1.165) is 38.0 Å². The van der Waals surface area contributed by atoms with Gasteiger partial charge in [-0.2, -0.15) is 4.31 Å². The fraction of sp³-hybridized carbons (Fsp3) is 0.440. The largest absolute Gasteiger partial charge is 0.452 e. The van der Waals surface area contributed by atoms with E-state index in [1.54, 1.807) is 12.1 Å². The number of hydrogen-bond donors (Lipinski definition) is 1. The van der Waals surface area contributed by atoms with E-state index < -0.39 is 28.5 Å². The summed E-state index contributed by atoms with van der Waals surface area (Å²) in [5.41, 5.74) is 1.66. The third kappa shape index (κ3) is 5.77. The molecule has 0 radical (unpaired) electrons. The number of carbonyl (C=O) groups is 2. The lowest BCUT2D eigenvalue weighted by Gasteiger charge is -2.28. The van der Waals surface area contributed by atoms with Gasteiger partial charge in [0.15, 0.2) is 6.61 Å². The summed E-state index contributed by atoms with van der Waals surface area (Å²) in [4.78, 5) is 27.3. The minimum Gasteiger partial charge on any atom is -0.452 e. The molecule has 182 valence electrons. The predicted octanol–water partition coefficient (Wildman–Crippen LogP) is 3.65. The van der Waals surface area contributed by atoms with Crippen LogP contribution in [0.5, 0.6) is 0 Å². The van der Waals surface area contributed by atoms with Crippen LogP contribution in [0.4, 0.5) is 11.4 Å². The van der Waals surface area contributed by atoms with Gasteiger partial charge < -0.3 is 15.0 Å². The summed E-state index contributed by atoms with van der Waals surface area (Å²) >= 11 is 0. The third-order valence-corrected chi connectivity index (χ3v) is 8.20. The summed E-state index contributed by atoms with van der Waals surface area (Å²) in [6, 6.07) is 13.6. The molecule has 2 heterocycles. The molecule has 0 aromatic heterocycles. The first kappa shape index (κ1) is 24.2. The van der Waals surface area contributed by atoms with Crippen LogP contribution in [-0.2, 0) is 19.6 Å². The van der Waals surface area contributed by atoms with Gasteiger partial charge in [-0.05, 0) is 68.5 Å². The van der Waals surface area contributed by atoms with Gasteiger partial charge in [-0.1, -0.05) is 18.6 Å². The highest BCUT2D eigenvalue weighted by Crippen LogP contribution is 2.24. The summed E-state index contributed by atoms with van der Waals surface area (Å²) < 4.78 is 32.7. The van der Waals surface area contributed by atoms with Crippen LogP contribution in [0.15, 0.2) is 53.4 Å². The number of sulfonamides is 1. The number of benzene rings is 2. The summed E-state index contributed by atoms with van der Waals surface area (Å²) in [7, 11) is -3.81. The van der Waals surface area contributed by atoms with Gasteiger partial charge in [0.25, 0.3) is 5.91 Å². The fourth-order valence-corrected chi connectivity index (χ4v) is 6.12. The van der Waals surface area contributed by atoms with Crippen LogP contribution in [0.1, 0.15) is 48.9 Å². The number of nitrogens with one attached hydrogen (secondary N) is 1. The molecule has 34 heavy (non-hydrogen) atoms. The molecule has 1 amide bonds. The predicted molar refractivity (Wildman–Crippen MR) is 130 cm³/mol. The Balaban J connectivity index is 1.35. The van der Waals surface area contributed by atoms with E-state index in [9.17, 15) is 18.0 Å². The van der Waals surface area contributed by atoms with Crippen LogP contribution in [0, 0.1) is 0 Å². The van der Waals surface area contributed by atoms with E-state index >= 15 is 0 Å². The zero-order chi connectivity index (χ0) is 24.0. The van der Waals surface area contributed by atoms with Crippen LogP contribution in [0.25, 0.3) is 0 Å². The molecule has 2 aliphatic rings. The summed E-state index contributed by atoms with van der Waals surface area (Å²) in [5, 5.41) is 2.71. The Morgan fingerprint density at radius 3 is 2.12 bits per heavy atom. The van der Waals surface area contributed by atoms with E-state index in [1.165, 1.54) is 35.7 Å². The monoisotopic (exact) mass is 485 g/mol. The molecular formula is C25H31N3O5S. The van der Waals surface area contributed by atoms with Gasteiger partial charge in [0.05, 0.1) is 10.5 Å². The Bertz CT molecular complexity index is 1110. The number of anilines is 2. The molecule has 0 bridgehead atoms. The van der Waals surface area contributed by atoms with Crippen molar-refractivity contribution < 1.29 is 22.7 Å². The first-order valence-electron chi connectivity index (χ1n) is 11.9. The minimum absolute atomic E-state index is 0.0632. The second-order valence-corrected chi connectivity index (χ2v) is 10.6. The summed E-state index contributed by atoms with van der Waals surface area (Å²) in [5.74, 6) is -1.33. The molecule has 8 nitrogen and oxygen atoms in total. The van der Waals surface area contributed by atoms with Crippen molar-refractivity contribution in [2.24, 2.45) is 0 Å². The van der Waals surface area contributed by atoms with Crippen molar-refractivity contribution in [1.29, 1.82) is 0 Å². The average molecular weight is 486 g/mol. The molecule has 2 fully saturated rings. The van der Waals surface area contributed by atoms with Gasteiger partial charge in [-0.15, -0.1) is 0 Å². The number of ether oxygens (including phenoxy) is 1. The molecular weight excluding hydrogens is 454 g/mol. The molecule has 4 rings (SSSR count). The Labute approximate surface area is 200 Å². The normalized spacial score (nSPS) is 17.2. The number of amides is 1. The number of rotatable bonds is 7. The smallest absolute Gasteiger partial charge is 0.340 e. The first-order valence-corrected chi connectivity index (χ1v) is 13.3. The van der Waals surface area contributed by atoms with Gasteiger partial charge >= 0.3 is 5.97 Å². The molecule has 2 aromatic rings. The van der Waals surface area contributed by atoms with E-state index in [1.807, 2.05) is 24.3 Å². The lowest BCUT2D eigenvalue weighted by molar-refractivity contribution is -0.119. The number of carbonyl (C=O) groups excluding carboxylic acids is 2. The van der Waals surface area contributed by atoms with E-state index in [-0.39, 0.29) is 10.5 Å². The Morgan fingerprint density at radius 2 is 1.44 bits per heavy atom. The summed E-state index contributed by atoms with van der Waals surface area (Å²) in [6.45, 7) is 2.44. The Hall–Kier alpha value is -2.91. The highest BCUT2D eigenvalue weighted by atomic mass is 32.2. The fourth-order valence-electron chi connectivity index (χ4n) is 4.42. The van der Waals surface area contributed by atoms with Crippen molar-refractivity contribution in [2.45, 2.75) is 43.4 Å². The molecule has 2 aliphatic heterocycles. The minimum atomic E-state index is -3.81. The van der Waals surface area contributed by atoms with Crippen LogP contribution in [0.2, 0.25) is 0 Å². The molecule has 9 heteroatoms. The van der Waals surface area contributed by atoms with Crippen LogP contribution in [-0.4, -0.2) is 57.4 Å². The maximum Gasteiger partial charge on any atom is 0.340 e. The maximum atomic E-state index is 13.1. The maximum absolute atomic E-state index is 13.1. The molecule has 0 aliphatic carbocycles. The SMILES string of the molecule is O=C(COC(=O)c1ccccc1S(=O)(=O)N1CCCCC1)Nc1ccc(N2CCCCC2)cc1. The average Bonchev–Trinajstić information content (AvgIpc) is 2.89. The first-order chi connectivity index (χ1) is 16.4. The number of piperidine rings is 2. The lowest BCUT2D eigenvalue weighted by atomic mass is 10.1. The third-order valence-electron chi connectivity index (χ3n) is 6.25. The number of nitrogens with zero attached hydrogens (tertiary/aromatic N) is 2. The molecule has 0 saturated carbocycles. The van der Waals surface area contributed by atoms with Gasteiger partial charge in [-0.25, -0.2) is 13.2 Å². The van der Waals surface area contributed by atoms with Gasteiger partial charge in [-0.3, -0.25) is 4.79 Å². The van der Waals surface area contributed by atoms with Gasteiger partial charge in [0, 0.05) is 37.6 Å². The number of esters is 1. The highest BCUT2D eigenvalue weighted by Gasteiger charge is 2.30. The molecule has 0 unspecified atom stereocenters. The quantitative estimate of drug-likeness (QED) is 0.602. The van der Waals surface area contributed by atoms with Crippen molar-refractivity contribution in [1.82, 2.24) is 4.31 Å². The number of hydrogen-bond acceptors (Lipinski definition) is 6.